The highest BCUT2D eigenvalue weighted by molar-refractivity contribution is 5.42. The molecule has 0 aliphatic rings. The van der Waals surface area contributed by atoms with Crippen molar-refractivity contribution in [2.75, 3.05) is 20.8 Å². The van der Waals surface area contributed by atoms with Crippen LogP contribution in [0.2, 0.25) is 0 Å². The predicted octanol–water partition coefficient (Wildman–Crippen LogP) is 2.18. The smallest absolute Gasteiger partial charge is 0.185 e. The van der Waals surface area contributed by atoms with Gasteiger partial charge in [0.05, 0.1) is 14.2 Å². The number of methoxy groups -OCH3 is 2. The van der Waals surface area contributed by atoms with Crippen LogP contribution in [0.1, 0.15) is 11.3 Å². The Balaban J connectivity index is 2.05. The van der Waals surface area contributed by atoms with E-state index in [2.05, 4.69) is 4.98 Å². The first kappa shape index (κ1) is 15.1. The normalized spacial score (nSPS) is 10.2. The van der Waals surface area contributed by atoms with E-state index in [4.69, 9.17) is 19.9 Å². The van der Waals surface area contributed by atoms with Gasteiger partial charge in [0.15, 0.2) is 11.5 Å². The molecule has 2 aromatic rings. The van der Waals surface area contributed by atoms with Crippen LogP contribution in [0, 0.1) is 0 Å². The monoisotopic (exact) mass is 288 g/mol. The Labute approximate surface area is 124 Å². The summed E-state index contributed by atoms with van der Waals surface area (Å²) in [7, 11) is 3.18. The van der Waals surface area contributed by atoms with Crippen LogP contribution in [0.4, 0.5) is 0 Å². The summed E-state index contributed by atoms with van der Waals surface area (Å²) in [6.07, 6.45) is 2.54. The van der Waals surface area contributed by atoms with Gasteiger partial charge in [0.25, 0.3) is 0 Å². The van der Waals surface area contributed by atoms with Crippen LogP contribution in [0.15, 0.2) is 36.5 Å². The Morgan fingerprint density at radius 2 is 1.81 bits per heavy atom. The average molecular weight is 288 g/mol. The van der Waals surface area contributed by atoms with Gasteiger partial charge in [0.1, 0.15) is 18.1 Å². The standard InChI is InChI=1S/C16H20N2O3/c1-19-15-8-10-18-14(16(15)20-2)11-21-13-5-3-12(4-6-13)7-9-17/h3-6,8,10H,7,9,11,17H2,1-2H3. The van der Waals surface area contributed by atoms with Crippen LogP contribution in [0.25, 0.3) is 0 Å². The predicted molar refractivity (Wildman–Crippen MR) is 80.9 cm³/mol. The molecular formula is C16H20N2O3. The number of benzene rings is 1. The van der Waals surface area contributed by atoms with Crippen LogP contribution < -0.4 is 19.9 Å². The molecule has 2 rings (SSSR count). The van der Waals surface area contributed by atoms with Crippen molar-refractivity contribution in [3.8, 4) is 17.2 Å². The van der Waals surface area contributed by atoms with Crippen LogP contribution in [0.3, 0.4) is 0 Å². The molecule has 0 amide bonds. The quantitative estimate of drug-likeness (QED) is 0.846. The van der Waals surface area contributed by atoms with Gasteiger partial charge in [0.2, 0.25) is 0 Å². The second kappa shape index (κ2) is 7.50. The van der Waals surface area contributed by atoms with E-state index in [1.54, 1.807) is 26.5 Å². The Bertz CT molecular complexity index is 570. The zero-order valence-electron chi connectivity index (χ0n) is 12.3. The molecule has 0 bridgehead atoms. The molecule has 0 spiro atoms. The molecular weight excluding hydrogens is 268 g/mol. The van der Waals surface area contributed by atoms with Gasteiger partial charge in [0, 0.05) is 12.3 Å². The van der Waals surface area contributed by atoms with E-state index in [1.165, 1.54) is 5.56 Å². The Kier molecular flexibility index (Phi) is 5.40. The highest BCUT2D eigenvalue weighted by Gasteiger charge is 2.11. The van der Waals surface area contributed by atoms with Gasteiger partial charge in [-0.1, -0.05) is 12.1 Å². The molecule has 0 saturated carbocycles. The Morgan fingerprint density at radius 3 is 2.43 bits per heavy atom. The molecule has 0 saturated heterocycles. The maximum absolute atomic E-state index is 5.74. The topological polar surface area (TPSA) is 66.6 Å². The second-order valence-corrected chi connectivity index (χ2v) is 4.46. The van der Waals surface area contributed by atoms with Crippen LogP contribution in [-0.4, -0.2) is 25.7 Å². The van der Waals surface area contributed by atoms with Crippen molar-refractivity contribution in [1.82, 2.24) is 4.98 Å². The first-order valence-corrected chi connectivity index (χ1v) is 6.76. The summed E-state index contributed by atoms with van der Waals surface area (Å²) < 4.78 is 16.3. The molecule has 5 heteroatoms. The van der Waals surface area contributed by atoms with Gasteiger partial charge in [-0.05, 0) is 30.7 Å². The minimum Gasteiger partial charge on any atom is -0.493 e. The van der Waals surface area contributed by atoms with Crippen molar-refractivity contribution in [3.63, 3.8) is 0 Å². The molecule has 1 heterocycles. The molecule has 0 radical (unpaired) electrons. The van der Waals surface area contributed by atoms with Crippen molar-refractivity contribution >= 4 is 0 Å². The molecule has 0 aliphatic carbocycles. The lowest BCUT2D eigenvalue weighted by molar-refractivity contribution is 0.284. The summed E-state index contributed by atoms with van der Waals surface area (Å²) in [6, 6.07) is 9.64. The van der Waals surface area contributed by atoms with E-state index in [9.17, 15) is 0 Å². The molecule has 0 fully saturated rings. The van der Waals surface area contributed by atoms with Gasteiger partial charge in [-0.2, -0.15) is 0 Å². The maximum atomic E-state index is 5.74. The van der Waals surface area contributed by atoms with Crippen molar-refractivity contribution in [3.05, 3.63) is 47.8 Å². The van der Waals surface area contributed by atoms with Crippen molar-refractivity contribution in [2.24, 2.45) is 5.73 Å². The summed E-state index contributed by atoms with van der Waals surface area (Å²) in [5, 5.41) is 0. The van der Waals surface area contributed by atoms with E-state index in [0.717, 1.165) is 12.2 Å². The third kappa shape index (κ3) is 3.86. The number of hydrogen-bond acceptors (Lipinski definition) is 5. The fourth-order valence-corrected chi connectivity index (χ4v) is 2.02. The average Bonchev–Trinajstić information content (AvgIpc) is 2.54. The van der Waals surface area contributed by atoms with E-state index in [1.807, 2.05) is 24.3 Å². The third-order valence-corrected chi connectivity index (χ3v) is 3.10. The zero-order valence-corrected chi connectivity index (χ0v) is 12.3. The molecule has 1 aromatic carbocycles. The summed E-state index contributed by atoms with van der Waals surface area (Å²) in [6.45, 7) is 0.960. The van der Waals surface area contributed by atoms with Gasteiger partial charge in [-0.25, -0.2) is 0 Å². The Hall–Kier alpha value is -2.27. The van der Waals surface area contributed by atoms with Crippen molar-refractivity contribution < 1.29 is 14.2 Å². The first-order valence-electron chi connectivity index (χ1n) is 6.76. The summed E-state index contributed by atoms with van der Waals surface area (Å²) in [5.74, 6) is 2.02. The van der Waals surface area contributed by atoms with E-state index < -0.39 is 0 Å². The first-order chi connectivity index (χ1) is 10.3. The fraction of sp³-hybridized carbons (Fsp3) is 0.312. The van der Waals surface area contributed by atoms with Crippen LogP contribution in [-0.2, 0) is 13.0 Å². The number of pyridine rings is 1. The number of nitrogens with zero attached hydrogens (tertiary/aromatic N) is 1. The molecule has 0 atom stereocenters. The minimum absolute atomic E-state index is 0.316. The molecule has 5 nitrogen and oxygen atoms in total. The van der Waals surface area contributed by atoms with Crippen molar-refractivity contribution in [1.29, 1.82) is 0 Å². The second-order valence-electron chi connectivity index (χ2n) is 4.46. The van der Waals surface area contributed by atoms with Crippen molar-refractivity contribution in [2.45, 2.75) is 13.0 Å². The van der Waals surface area contributed by atoms with Gasteiger partial charge in [-0.15, -0.1) is 0 Å². The number of ether oxygens (including phenoxy) is 3. The third-order valence-electron chi connectivity index (χ3n) is 3.10. The van der Waals surface area contributed by atoms with Crippen LogP contribution in [0.5, 0.6) is 17.2 Å². The minimum atomic E-state index is 0.316. The lowest BCUT2D eigenvalue weighted by atomic mass is 10.1. The number of nitrogens with two attached hydrogens (primary N) is 1. The van der Waals surface area contributed by atoms with E-state index in [0.29, 0.717) is 30.3 Å². The maximum Gasteiger partial charge on any atom is 0.185 e. The highest BCUT2D eigenvalue weighted by atomic mass is 16.5. The van der Waals surface area contributed by atoms with Gasteiger partial charge in [-0.3, -0.25) is 4.98 Å². The number of rotatable bonds is 7. The summed E-state index contributed by atoms with van der Waals surface area (Å²) in [5.41, 5.74) is 7.42. The molecule has 2 N–H and O–H groups in total. The van der Waals surface area contributed by atoms with Crippen LogP contribution >= 0.6 is 0 Å². The Morgan fingerprint density at radius 1 is 1.05 bits per heavy atom. The highest BCUT2D eigenvalue weighted by Crippen LogP contribution is 2.29. The number of hydrogen-bond donors (Lipinski definition) is 1. The lowest BCUT2D eigenvalue weighted by Crippen LogP contribution is -2.04. The van der Waals surface area contributed by atoms with Gasteiger partial charge >= 0.3 is 0 Å². The molecule has 0 unspecified atom stereocenters. The zero-order chi connectivity index (χ0) is 15.1. The van der Waals surface area contributed by atoms with E-state index >= 15 is 0 Å². The number of aromatic nitrogens is 1. The molecule has 112 valence electrons. The molecule has 0 aliphatic heterocycles. The SMILES string of the molecule is COc1ccnc(COc2ccc(CCN)cc2)c1OC. The largest absolute Gasteiger partial charge is 0.493 e. The van der Waals surface area contributed by atoms with Gasteiger partial charge < -0.3 is 19.9 Å². The summed E-state index contributed by atoms with van der Waals surface area (Å²) >= 11 is 0. The van der Waals surface area contributed by atoms with E-state index in [-0.39, 0.29) is 0 Å². The molecule has 1 aromatic heterocycles. The molecule has 21 heavy (non-hydrogen) atoms. The fourth-order valence-electron chi connectivity index (χ4n) is 2.02. The lowest BCUT2D eigenvalue weighted by Gasteiger charge is -2.12. The summed E-state index contributed by atoms with van der Waals surface area (Å²) in [4.78, 5) is 4.27.